The first kappa shape index (κ1) is 54.2. The van der Waals surface area contributed by atoms with Crippen molar-refractivity contribution in [1.29, 1.82) is 0 Å². The summed E-state index contributed by atoms with van der Waals surface area (Å²) >= 11 is 0. The van der Waals surface area contributed by atoms with Crippen LogP contribution in [0.3, 0.4) is 0 Å². The summed E-state index contributed by atoms with van der Waals surface area (Å²) in [5.74, 6) is 1.31. The first-order chi connectivity index (χ1) is 34.1. The lowest BCUT2D eigenvalue weighted by Gasteiger charge is -2.60. The van der Waals surface area contributed by atoms with Gasteiger partial charge in [-0.1, -0.05) is 39.3 Å². The van der Waals surface area contributed by atoms with Crippen molar-refractivity contribution in [3.8, 4) is 0 Å². The number of allylic oxidation sites excluding steroid dienone is 1. The molecule has 1 spiro atoms. The summed E-state index contributed by atoms with van der Waals surface area (Å²) in [5.41, 5.74) is 0.465. The highest BCUT2D eigenvalue weighted by Gasteiger charge is 2.70. The molecule has 9 fully saturated rings. The average molecular weight is 1030 g/mol. The molecule has 0 radical (unpaired) electrons. The largest absolute Gasteiger partial charge is 0.394 e. The molecule has 0 amide bonds. The zero-order valence-corrected chi connectivity index (χ0v) is 41.7. The Bertz CT molecular complexity index is 1910. The quantitative estimate of drug-likeness (QED) is 0.102. The monoisotopic (exact) mass is 1030 g/mol. The van der Waals surface area contributed by atoms with Crippen LogP contribution in [0, 0.1) is 46.3 Å². The molecule has 0 aromatic carbocycles. The van der Waals surface area contributed by atoms with Gasteiger partial charge in [-0.25, -0.2) is 0 Å². The summed E-state index contributed by atoms with van der Waals surface area (Å²) in [6, 6.07) is 0. The minimum Gasteiger partial charge on any atom is -0.394 e. The van der Waals surface area contributed by atoms with Gasteiger partial charge in [-0.15, -0.1) is 0 Å². The Morgan fingerprint density at radius 1 is 0.625 bits per heavy atom. The zero-order valence-electron chi connectivity index (χ0n) is 41.7. The van der Waals surface area contributed by atoms with Gasteiger partial charge in [0.05, 0.1) is 50.8 Å². The van der Waals surface area contributed by atoms with Crippen LogP contribution in [0.5, 0.6) is 0 Å². The lowest BCUT2D eigenvalue weighted by Crippen LogP contribution is -2.68. The van der Waals surface area contributed by atoms with Crippen LogP contribution in [0.4, 0.5) is 0 Å². The van der Waals surface area contributed by atoms with E-state index in [0.717, 1.165) is 44.1 Å². The topological polar surface area (TPSA) is 335 Å². The predicted octanol–water partition coefficient (Wildman–Crippen LogP) is -2.35. The highest BCUT2D eigenvalue weighted by Crippen LogP contribution is 2.71. The fraction of sp³-hybridized carbons (Fsp3) is 0.960. The maximum atomic E-state index is 12.3. The Morgan fingerprint density at radius 2 is 1.29 bits per heavy atom. The Labute approximate surface area is 419 Å². The van der Waals surface area contributed by atoms with Crippen LogP contribution in [0.25, 0.3) is 0 Å². The molecule has 0 bridgehead atoms. The van der Waals surface area contributed by atoms with Gasteiger partial charge in [-0.2, -0.15) is 0 Å². The maximum absolute atomic E-state index is 12.3. The Kier molecular flexibility index (Phi) is 15.5. The van der Waals surface area contributed by atoms with Crippen LogP contribution in [0.1, 0.15) is 86.0 Å². The molecule has 6 aliphatic heterocycles. The molecule has 10 rings (SSSR count). The normalized spacial score (nSPS) is 57.8. The third-order valence-electron chi connectivity index (χ3n) is 19.5. The van der Waals surface area contributed by atoms with E-state index in [1.807, 2.05) is 0 Å². The molecule has 6 heterocycles. The van der Waals surface area contributed by atoms with E-state index in [2.05, 4.69) is 33.8 Å². The molecule has 412 valence electrons. The Morgan fingerprint density at radius 3 is 1.99 bits per heavy atom. The van der Waals surface area contributed by atoms with Crippen LogP contribution in [-0.2, 0) is 47.4 Å². The zero-order chi connectivity index (χ0) is 51.5. The van der Waals surface area contributed by atoms with Crippen molar-refractivity contribution in [2.75, 3.05) is 26.4 Å². The molecule has 12 N–H and O–H groups in total. The van der Waals surface area contributed by atoms with Crippen molar-refractivity contribution in [1.82, 2.24) is 0 Å². The second-order valence-corrected chi connectivity index (χ2v) is 23.5. The van der Waals surface area contributed by atoms with E-state index >= 15 is 0 Å². The molecule has 0 aromatic rings. The van der Waals surface area contributed by atoms with E-state index in [0.29, 0.717) is 30.8 Å². The summed E-state index contributed by atoms with van der Waals surface area (Å²) in [6.45, 7) is 9.22. The van der Waals surface area contributed by atoms with E-state index in [4.69, 9.17) is 47.4 Å². The van der Waals surface area contributed by atoms with Crippen LogP contribution < -0.4 is 0 Å². The number of hydrogen-bond acceptors (Lipinski definition) is 22. The number of rotatable bonds is 10. The van der Waals surface area contributed by atoms with Gasteiger partial charge < -0.3 is 109 Å². The maximum Gasteiger partial charge on any atom is 0.187 e. The fourth-order valence-electron chi connectivity index (χ4n) is 15.3. The van der Waals surface area contributed by atoms with Crippen LogP contribution in [0.2, 0.25) is 0 Å². The van der Waals surface area contributed by atoms with Gasteiger partial charge in [0.1, 0.15) is 85.5 Å². The van der Waals surface area contributed by atoms with Gasteiger partial charge in [-0.05, 0) is 80.5 Å². The SMILES string of the molecule is C[C@H]1CC[C@@]2(OC1)O[C@@H]1C[C@@H]3[C@H]4CC=C5C[C@@H](O)C[C@H](O[C@@H]6O[C@H](CO)[C@H](O)[C@@H](O[C@@H]7O[C@H](C)[C@H](O)[C@@H](O[C@H]8O[C@H](CO)[C@@H](O)[C@H](O)[C@@H]8O)[C@H]7O[C@H]7OC[C@@H](O)[C@H](O)[C@H]7O)[C@@H]6O)[C@]5(C)[C@H]4CC[C@@]3(C)[C@H]1[C@H]2C. The predicted molar refractivity (Wildman–Crippen MR) is 242 cm³/mol. The van der Waals surface area contributed by atoms with E-state index in [-0.39, 0.29) is 35.7 Å². The molecular weight excluding hydrogens is 953 g/mol. The lowest BCUT2D eigenvalue weighted by atomic mass is 9.46. The second-order valence-electron chi connectivity index (χ2n) is 23.5. The lowest BCUT2D eigenvalue weighted by molar-refractivity contribution is -0.401. The molecule has 31 atom stereocenters. The summed E-state index contributed by atoms with van der Waals surface area (Å²) < 4.78 is 62.4. The van der Waals surface area contributed by atoms with Gasteiger partial charge in [-0.3, -0.25) is 0 Å². The molecule has 6 saturated heterocycles. The minimum atomic E-state index is -1.94. The summed E-state index contributed by atoms with van der Waals surface area (Å²) in [4.78, 5) is 0. The van der Waals surface area contributed by atoms with Crippen molar-refractivity contribution < 1.29 is 109 Å². The van der Waals surface area contributed by atoms with Crippen molar-refractivity contribution in [3.05, 3.63) is 11.6 Å². The summed E-state index contributed by atoms with van der Waals surface area (Å²) in [7, 11) is 0. The van der Waals surface area contributed by atoms with E-state index in [1.165, 1.54) is 6.92 Å². The van der Waals surface area contributed by atoms with Crippen molar-refractivity contribution >= 4 is 0 Å². The Hall–Kier alpha value is -1.14. The highest BCUT2D eigenvalue weighted by molar-refractivity contribution is 5.29. The highest BCUT2D eigenvalue weighted by atomic mass is 16.8. The summed E-state index contributed by atoms with van der Waals surface area (Å²) in [6.07, 6.45) is -25.0. The van der Waals surface area contributed by atoms with E-state index in [9.17, 15) is 61.3 Å². The number of aliphatic hydroxyl groups excluding tert-OH is 12. The van der Waals surface area contributed by atoms with Crippen LogP contribution >= 0.6 is 0 Å². The molecule has 72 heavy (non-hydrogen) atoms. The standard InChI is InChI=1S/C50H80O22/c1-19-8-11-50(64-17-19)20(2)32-28(72-50)14-26-24-7-6-22-12-23(53)13-31(49(22,5)25(24)9-10-48(26,32)4)68-46-40(62)41(36(58)30(16-52)67-46)69-47-43(71-44-38(60)34(56)27(54)18-63-44)42(33(55)21(3)65-47)70-45-39(61)37(59)35(57)29(15-51)66-45/h6,19-21,23-47,51-62H,7-18H2,1-5H3/t19-,20+,21+,23+,24-,25-,26+,27+,28+,29+,30+,31-,32-,33-,34-,35+,36-,37-,38+,39-,40-,41+,42+,43+,44+,45+,46-,47-,48+,49-,50+/m0/s1. The van der Waals surface area contributed by atoms with Crippen molar-refractivity contribution in [2.24, 2.45) is 46.3 Å². The molecular formula is C50H80O22. The van der Waals surface area contributed by atoms with Crippen LogP contribution in [0.15, 0.2) is 11.6 Å². The number of fused-ring (bicyclic) bond motifs is 7. The summed E-state index contributed by atoms with van der Waals surface area (Å²) in [5, 5.41) is 131. The van der Waals surface area contributed by atoms with Gasteiger partial charge in [0.15, 0.2) is 30.9 Å². The number of hydrogen-bond donors (Lipinski definition) is 12. The molecule has 10 aliphatic rings. The molecule has 22 nitrogen and oxygen atoms in total. The first-order valence-electron chi connectivity index (χ1n) is 26.4. The molecule has 0 aromatic heterocycles. The van der Waals surface area contributed by atoms with Crippen molar-refractivity contribution in [3.63, 3.8) is 0 Å². The van der Waals surface area contributed by atoms with Gasteiger partial charge in [0, 0.05) is 24.2 Å². The fourth-order valence-corrected chi connectivity index (χ4v) is 15.3. The third-order valence-corrected chi connectivity index (χ3v) is 19.5. The van der Waals surface area contributed by atoms with Gasteiger partial charge in [0.2, 0.25) is 0 Å². The molecule has 4 aliphatic carbocycles. The smallest absolute Gasteiger partial charge is 0.187 e. The van der Waals surface area contributed by atoms with E-state index in [1.54, 1.807) is 0 Å². The van der Waals surface area contributed by atoms with Gasteiger partial charge in [0.25, 0.3) is 0 Å². The van der Waals surface area contributed by atoms with Crippen molar-refractivity contribution in [2.45, 2.75) is 227 Å². The molecule has 22 heteroatoms. The Balaban J connectivity index is 0.905. The number of aliphatic hydroxyl groups is 12. The molecule has 3 saturated carbocycles. The third kappa shape index (κ3) is 8.99. The van der Waals surface area contributed by atoms with Gasteiger partial charge >= 0.3 is 0 Å². The average Bonchev–Trinajstić information content (AvgIpc) is 3.80. The number of ether oxygens (including phenoxy) is 10. The first-order valence-corrected chi connectivity index (χ1v) is 26.4. The minimum absolute atomic E-state index is 0.0164. The van der Waals surface area contributed by atoms with E-state index < -0.39 is 160 Å². The second kappa shape index (κ2) is 20.6. The van der Waals surface area contributed by atoms with Crippen LogP contribution in [-0.4, -0.2) is 229 Å². The molecule has 0 unspecified atom stereocenters.